The van der Waals surface area contributed by atoms with Gasteiger partial charge in [-0.2, -0.15) is 0 Å². The summed E-state index contributed by atoms with van der Waals surface area (Å²) in [5, 5.41) is 2.63. The quantitative estimate of drug-likeness (QED) is 0.434. The summed E-state index contributed by atoms with van der Waals surface area (Å²) in [7, 11) is 0. The molecular formula is C24H23NO5. The monoisotopic (exact) mass is 405 g/mol. The minimum absolute atomic E-state index is 0.122. The van der Waals surface area contributed by atoms with Crippen molar-refractivity contribution in [2.75, 3.05) is 11.9 Å². The molecule has 6 heteroatoms. The molecule has 0 spiro atoms. The van der Waals surface area contributed by atoms with Crippen LogP contribution in [0.1, 0.15) is 56.2 Å². The summed E-state index contributed by atoms with van der Waals surface area (Å²) in [5.74, 6) is -1.31. The van der Waals surface area contributed by atoms with Gasteiger partial charge < -0.3 is 14.5 Å². The number of furan rings is 1. The molecule has 0 aliphatic heterocycles. The summed E-state index contributed by atoms with van der Waals surface area (Å²) in [5.41, 5.74) is 2.97. The van der Waals surface area contributed by atoms with E-state index in [0.29, 0.717) is 12.0 Å². The third-order valence-corrected chi connectivity index (χ3v) is 4.74. The molecule has 0 saturated carbocycles. The van der Waals surface area contributed by atoms with E-state index >= 15 is 0 Å². The van der Waals surface area contributed by atoms with Crippen LogP contribution < -0.4 is 5.32 Å². The fourth-order valence-corrected chi connectivity index (χ4v) is 3.06. The number of Topliss-reactive ketones (excluding diaryl/α,β-unsaturated/α-hetero) is 1. The first-order valence-electron chi connectivity index (χ1n) is 9.79. The Morgan fingerprint density at radius 2 is 1.73 bits per heavy atom. The number of hydrogen-bond donors (Lipinski definition) is 1. The summed E-state index contributed by atoms with van der Waals surface area (Å²) in [6, 6.07) is 15.4. The number of anilines is 1. The van der Waals surface area contributed by atoms with Gasteiger partial charge in [0, 0.05) is 5.56 Å². The number of amides is 1. The highest BCUT2D eigenvalue weighted by Gasteiger charge is 2.19. The normalized spacial score (nSPS) is 10.5. The molecule has 0 aliphatic carbocycles. The average Bonchev–Trinajstić information content (AvgIpc) is 3.32. The third kappa shape index (κ3) is 4.84. The number of rotatable bonds is 8. The maximum Gasteiger partial charge on any atom is 0.340 e. The van der Waals surface area contributed by atoms with Gasteiger partial charge in [0.1, 0.15) is 0 Å². The van der Waals surface area contributed by atoms with Crippen LogP contribution in [0.3, 0.4) is 0 Å². The number of hydrogen-bond acceptors (Lipinski definition) is 5. The number of esters is 1. The van der Waals surface area contributed by atoms with Crippen LogP contribution in [0.25, 0.3) is 0 Å². The molecule has 1 aromatic heterocycles. The predicted molar refractivity (Wildman–Crippen MR) is 113 cm³/mol. The molecule has 0 bridgehead atoms. The standard InChI is InChI=1S/C24H23NO5/c1-3-16-11-12-17(4-2)19(14-16)21(26)15-30-24(28)18-8-5-6-9-20(18)25-23(27)22-10-7-13-29-22/h5-14H,3-4,15H2,1-2H3,(H,25,27). The van der Waals surface area contributed by atoms with Gasteiger partial charge in [0.25, 0.3) is 5.91 Å². The minimum Gasteiger partial charge on any atom is -0.459 e. The highest BCUT2D eigenvalue weighted by Crippen LogP contribution is 2.19. The molecule has 1 heterocycles. The van der Waals surface area contributed by atoms with E-state index in [0.717, 1.165) is 17.5 Å². The number of nitrogens with one attached hydrogen (secondary N) is 1. The first-order valence-corrected chi connectivity index (χ1v) is 9.79. The molecule has 1 N–H and O–H groups in total. The first kappa shape index (κ1) is 21.0. The van der Waals surface area contributed by atoms with E-state index in [1.54, 1.807) is 24.3 Å². The molecule has 1 amide bonds. The van der Waals surface area contributed by atoms with Gasteiger partial charge in [-0.3, -0.25) is 9.59 Å². The Hall–Kier alpha value is -3.67. The van der Waals surface area contributed by atoms with Gasteiger partial charge in [0.05, 0.1) is 17.5 Å². The van der Waals surface area contributed by atoms with E-state index in [2.05, 4.69) is 5.32 Å². The lowest BCUT2D eigenvalue weighted by atomic mass is 9.98. The van der Waals surface area contributed by atoms with Crippen molar-refractivity contribution in [1.29, 1.82) is 0 Å². The van der Waals surface area contributed by atoms with E-state index in [4.69, 9.17) is 9.15 Å². The number of ether oxygens (including phenoxy) is 1. The van der Waals surface area contributed by atoms with Gasteiger partial charge in [-0.05, 0) is 54.3 Å². The molecule has 0 aliphatic rings. The number of para-hydroxylation sites is 1. The average molecular weight is 405 g/mol. The van der Waals surface area contributed by atoms with Crippen LogP contribution in [-0.2, 0) is 17.6 Å². The molecule has 0 saturated heterocycles. The number of aryl methyl sites for hydroxylation is 2. The van der Waals surface area contributed by atoms with Crippen molar-refractivity contribution in [2.45, 2.75) is 26.7 Å². The molecular weight excluding hydrogens is 382 g/mol. The molecule has 0 atom stereocenters. The maximum absolute atomic E-state index is 12.7. The zero-order chi connectivity index (χ0) is 21.5. The lowest BCUT2D eigenvalue weighted by Gasteiger charge is -2.12. The molecule has 3 rings (SSSR count). The van der Waals surface area contributed by atoms with Gasteiger partial charge in [-0.1, -0.05) is 38.1 Å². The van der Waals surface area contributed by atoms with Gasteiger partial charge >= 0.3 is 5.97 Å². The van der Waals surface area contributed by atoms with E-state index in [1.807, 2.05) is 32.0 Å². The SMILES string of the molecule is CCc1ccc(CC)c(C(=O)COC(=O)c2ccccc2NC(=O)c2ccco2)c1. The lowest BCUT2D eigenvalue weighted by molar-refractivity contribution is 0.0475. The summed E-state index contributed by atoms with van der Waals surface area (Å²) >= 11 is 0. The number of ketones is 1. The van der Waals surface area contributed by atoms with E-state index in [-0.39, 0.29) is 29.4 Å². The van der Waals surface area contributed by atoms with Crippen molar-refractivity contribution in [3.05, 3.63) is 88.9 Å². The van der Waals surface area contributed by atoms with Crippen molar-refractivity contribution >= 4 is 23.3 Å². The van der Waals surface area contributed by atoms with Crippen LogP contribution in [0.15, 0.2) is 65.3 Å². The molecule has 2 aromatic carbocycles. The smallest absolute Gasteiger partial charge is 0.340 e. The molecule has 3 aromatic rings. The Kier molecular flexibility index (Phi) is 6.80. The van der Waals surface area contributed by atoms with Crippen LogP contribution in [0.4, 0.5) is 5.69 Å². The third-order valence-electron chi connectivity index (χ3n) is 4.74. The Balaban J connectivity index is 1.71. The number of carbonyl (C=O) groups excluding carboxylic acids is 3. The van der Waals surface area contributed by atoms with Crippen molar-refractivity contribution in [3.8, 4) is 0 Å². The largest absolute Gasteiger partial charge is 0.459 e. The highest BCUT2D eigenvalue weighted by molar-refractivity contribution is 6.07. The zero-order valence-corrected chi connectivity index (χ0v) is 16.9. The fourth-order valence-electron chi connectivity index (χ4n) is 3.06. The minimum atomic E-state index is -0.691. The van der Waals surface area contributed by atoms with Crippen LogP contribution in [0, 0.1) is 0 Å². The van der Waals surface area contributed by atoms with E-state index < -0.39 is 11.9 Å². The van der Waals surface area contributed by atoms with Gasteiger partial charge in [-0.15, -0.1) is 0 Å². The second-order valence-corrected chi connectivity index (χ2v) is 6.67. The summed E-state index contributed by atoms with van der Waals surface area (Å²) < 4.78 is 10.3. The van der Waals surface area contributed by atoms with E-state index in [1.165, 1.54) is 18.4 Å². The molecule has 6 nitrogen and oxygen atoms in total. The van der Waals surface area contributed by atoms with Crippen LogP contribution in [0.2, 0.25) is 0 Å². The van der Waals surface area contributed by atoms with Crippen LogP contribution >= 0.6 is 0 Å². The Morgan fingerprint density at radius 1 is 0.933 bits per heavy atom. The Morgan fingerprint density at radius 3 is 2.43 bits per heavy atom. The Labute approximate surface area is 174 Å². The summed E-state index contributed by atoms with van der Waals surface area (Å²) in [6.45, 7) is 3.62. The second kappa shape index (κ2) is 9.69. The van der Waals surface area contributed by atoms with Gasteiger partial charge in [-0.25, -0.2) is 4.79 Å². The molecule has 0 fully saturated rings. The van der Waals surface area contributed by atoms with Crippen molar-refractivity contribution in [2.24, 2.45) is 0 Å². The highest BCUT2D eigenvalue weighted by atomic mass is 16.5. The molecule has 0 radical (unpaired) electrons. The van der Waals surface area contributed by atoms with Gasteiger partial charge in [0.2, 0.25) is 5.78 Å². The van der Waals surface area contributed by atoms with Crippen molar-refractivity contribution in [3.63, 3.8) is 0 Å². The second-order valence-electron chi connectivity index (χ2n) is 6.67. The topological polar surface area (TPSA) is 85.6 Å². The molecule has 154 valence electrons. The number of benzene rings is 2. The van der Waals surface area contributed by atoms with Crippen molar-refractivity contribution < 1.29 is 23.5 Å². The first-order chi connectivity index (χ1) is 14.5. The summed E-state index contributed by atoms with van der Waals surface area (Å²) in [4.78, 5) is 37.5. The predicted octanol–water partition coefficient (Wildman–Crippen LogP) is 4.70. The van der Waals surface area contributed by atoms with Crippen molar-refractivity contribution in [1.82, 2.24) is 0 Å². The van der Waals surface area contributed by atoms with Gasteiger partial charge in [0.15, 0.2) is 12.4 Å². The van der Waals surface area contributed by atoms with Crippen LogP contribution in [0.5, 0.6) is 0 Å². The summed E-state index contributed by atoms with van der Waals surface area (Å²) in [6.07, 6.45) is 2.91. The fraction of sp³-hybridized carbons (Fsp3) is 0.208. The lowest BCUT2D eigenvalue weighted by Crippen LogP contribution is -2.18. The molecule has 30 heavy (non-hydrogen) atoms. The maximum atomic E-state index is 12.7. The van der Waals surface area contributed by atoms with E-state index in [9.17, 15) is 14.4 Å². The molecule has 0 unspecified atom stereocenters. The Bertz CT molecular complexity index is 1050. The van der Waals surface area contributed by atoms with Crippen LogP contribution in [-0.4, -0.2) is 24.3 Å². The zero-order valence-electron chi connectivity index (χ0n) is 16.9. The number of carbonyl (C=O) groups is 3.